The molecule has 38 heavy (non-hydrogen) atoms. The minimum Gasteiger partial charge on any atom is -0.450 e. The highest BCUT2D eigenvalue weighted by Crippen LogP contribution is 2.31. The van der Waals surface area contributed by atoms with Crippen molar-refractivity contribution in [3.05, 3.63) is 60.9 Å². The van der Waals surface area contributed by atoms with Gasteiger partial charge in [0.2, 0.25) is 0 Å². The number of rotatable bonds is 8. The van der Waals surface area contributed by atoms with Gasteiger partial charge < -0.3 is 20.1 Å². The van der Waals surface area contributed by atoms with Gasteiger partial charge in [0, 0.05) is 68.5 Å². The predicted molar refractivity (Wildman–Crippen MR) is 149 cm³/mol. The molecule has 0 atom stereocenters. The summed E-state index contributed by atoms with van der Waals surface area (Å²) in [5.41, 5.74) is 12.7. The Balaban J connectivity index is 1.31. The second-order valence-electron chi connectivity index (χ2n) is 9.14. The molecule has 0 saturated carbocycles. The van der Waals surface area contributed by atoms with E-state index in [9.17, 15) is 4.79 Å². The van der Waals surface area contributed by atoms with Gasteiger partial charge in [0.05, 0.1) is 19.4 Å². The van der Waals surface area contributed by atoms with Crippen LogP contribution >= 0.6 is 0 Å². The monoisotopic (exact) mass is 515 g/mol. The Bertz CT molecular complexity index is 1380. The molecule has 1 fully saturated rings. The van der Waals surface area contributed by atoms with Crippen molar-refractivity contribution >= 4 is 28.9 Å². The van der Waals surface area contributed by atoms with Gasteiger partial charge in [-0.2, -0.15) is 9.61 Å². The number of nitrogen functional groups attached to an aromatic ring is 1. The number of fused-ring (bicyclic) bond motifs is 1. The number of benzene rings is 2. The summed E-state index contributed by atoms with van der Waals surface area (Å²) in [4.78, 5) is 21.2. The van der Waals surface area contributed by atoms with Crippen LogP contribution in [0, 0.1) is 0 Å². The van der Waals surface area contributed by atoms with Crippen molar-refractivity contribution in [2.75, 3.05) is 69.0 Å². The van der Waals surface area contributed by atoms with Gasteiger partial charge in [0.1, 0.15) is 5.82 Å². The molecule has 1 amide bonds. The molecule has 0 unspecified atom stereocenters. The van der Waals surface area contributed by atoms with E-state index >= 15 is 0 Å². The van der Waals surface area contributed by atoms with E-state index in [2.05, 4.69) is 44.5 Å². The first-order valence-corrected chi connectivity index (χ1v) is 12.8. The van der Waals surface area contributed by atoms with Gasteiger partial charge in [-0.1, -0.05) is 24.3 Å². The SMILES string of the molecule is CCOC(=O)Nc1ccc(-c2cnc3c(-c4ccc(N5CCN(CCOC)CC5)cc4)cnn3c2N)cc1. The molecule has 2 aromatic carbocycles. The van der Waals surface area contributed by atoms with Gasteiger partial charge in [0.25, 0.3) is 0 Å². The Morgan fingerprint density at radius 3 is 2.34 bits per heavy atom. The number of carbonyl (C=O) groups excluding carboxylic acids is 1. The van der Waals surface area contributed by atoms with Crippen molar-refractivity contribution in [1.29, 1.82) is 0 Å². The molecule has 1 aliphatic heterocycles. The lowest BCUT2D eigenvalue weighted by Crippen LogP contribution is -2.47. The second-order valence-corrected chi connectivity index (χ2v) is 9.14. The summed E-state index contributed by atoms with van der Waals surface area (Å²) in [5, 5.41) is 7.22. The lowest BCUT2D eigenvalue weighted by molar-refractivity contribution is 0.144. The molecule has 3 N–H and O–H groups in total. The van der Waals surface area contributed by atoms with Crippen LogP contribution in [0.5, 0.6) is 0 Å². The summed E-state index contributed by atoms with van der Waals surface area (Å²) >= 11 is 0. The molecule has 10 nitrogen and oxygen atoms in total. The van der Waals surface area contributed by atoms with E-state index in [0.717, 1.165) is 61.6 Å². The molecule has 10 heteroatoms. The van der Waals surface area contributed by atoms with Crippen molar-refractivity contribution < 1.29 is 14.3 Å². The average molecular weight is 516 g/mol. The molecular weight excluding hydrogens is 482 g/mol. The number of nitrogens with two attached hydrogens (primary N) is 1. The summed E-state index contributed by atoms with van der Waals surface area (Å²) in [6, 6.07) is 15.9. The van der Waals surface area contributed by atoms with Crippen LogP contribution in [0.15, 0.2) is 60.9 Å². The fourth-order valence-electron chi connectivity index (χ4n) is 4.69. The third kappa shape index (κ3) is 5.41. The van der Waals surface area contributed by atoms with Crippen LogP contribution in [0.2, 0.25) is 0 Å². The maximum absolute atomic E-state index is 11.6. The number of methoxy groups -OCH3 is 1. The van der Waals surface area contributed by atoms with E-state index in [1.54, 1.807) is 43.1 Å². The van der Waals surface area contributed by atoms with Crippen LogP contribution in [0.25, 0.3) is 27.9 Å². The minimum atomic E-state index is -0.486. The summed E-state index contributed by atoms with van der Waals surface area (Å²) in [6.07, 6.45) is 3.08. The highest BCUT2D eigenvalue weighted by molar-refractivity contribution is 5.86. The topological polar surface area (TPSA) is 110 Å². The molecule has 0 aliphatic carbocycles. The smallest absolute Gasteiger partial charge is 0.411 e. The zero-order valence-electron chi connectivity index (χ0n) is 21.8. The number of carbonyl (C=O) groups is 1. The van der Waals surface area contributed by atoms with E-state index < -0.39 is 6.09 Å². The molecule has 0 radical (unpaired) electrons. The Kier molecular flexibility index (Phi) is 7.71. The molecule has 3 heterocycles. The maximum Gasteiger partial charge on any atom is 0.411 e. The maximum atomic E-state index is 11.6. The van der Waals surface area contributed by atoms with Gasteiger partial charge in [0.15, 0.2) is 5.65 Å². The van der Waals surface area contributed by atoms with Gasteiger partial charge in [-0.25, -0.2) is 9.78 Å². The van der Waals surface area contributed by atoms with Crippen LogP contribution in [0.1, 0.15) is 6.92 Å². The Labute approximate surface area is 222 Å². The molecule has 5 rings (SSSR count). The molecule has 0 spiro atoms. The van der Waals surface area contributed by atoms with Crippen molar-refractivity contribution in [3.63, 3.8) is 0 Å². The summed E-state index contributed by atoms with van der Waals surface area (Å²) in [7, 11) is 1.75. The van der Waals surface area contributed by atoms with Crippen molar-refractivity contribution in [3.8, 4) is 22.3 Å². The number of aromatic nitrogens is 3. The number of piperazine rings is 1. The molecule has 2 aromatic heterocycles. The van der Waals surface area contributed by atoms with E-state index in [1.165, 1.54) is 5.69 Å². The number of hydrogen-bond donors (Lipinski definition) is 2. The van der Waals surface area contributed by atoms with Crippen LogP contribution < -0.4 is 16.0 Å². The van der Waals surface area contributed by atoms with E-state index in [4.69, 9.17) is 20.2 Å². The highest BCUT2D eigenvalue weighted by Gasteiger charge is 2.18. The number of ether oxygens (including phenoxy) is 2. The zero-order chi connectivity index (χ0) is 26.5. The first-order chi connectivity index (χ1) is 18.6. The summed E-state index contributed by atoms with van der Waals surface area (Å²) in [5.74, 6) is 0.496. The van der Waals surface area contributed by atoms with Crippen molar-refractivity contribution in [2.45, 2.75) is 6.92 Å². The lowest BCUT2D eigenvalue weighted by atomic mass is 10.1. The third-order valence-electron chi connectivity index (χ3n) is 6.81. The van der Waals surface area contributed by atoms with E-state index in [0.29, 0.717) is 23.8 Å². The molecule has 1 aliphatic rings. The normalized spacial score (nSPS) is 14.1. The standard InChI is InChI=1S/C28H33N7O3/c1-3-38-28(36)32-22-8-4-20(5-9-22)24-18-30-27-25(19-31-35(27)26(24)29)21-6-10-23(11-7-21)34-14-12-33(13-15-34)16-17-37-2/h4-11,18-19H,3,12-17,29H2,1-2H3,(H,32,36). The number of amides is 1. The second kappa shape index (κ2) is 11.5. The van der Waals surface area contributed by atoms with E-state index in [-0.39, 0.29) is 0 Å². The van der Waals surface area contributed by atoms with Gasteiger partial charge in [-0.15, -0.1) is 0 Å². The Hall–Kier alpha value is -4.15. The lowest BCUT2D eigenvalue weighted by Gasteiger charge is -2.36. The molecule has 198 valence electrons. The largest absolute Gasteiger partial charge is 0.450 e. The molecule has 4 aromatic rings. The minimum absolute atomic E-state index is 0.315. The van der Waals surface area contributed by atoms with Gasteiger partial charge in [-0.3, -0.25) is 10.2 Å². The number of nitrogens with one attached hydrogen (secondary N) is 1. The molecular formula is C28H33N7O3. The third-order valence-corrected chi connectivity index (χ3v) is 6.81. The predicted octanol–water partition coefficient (Wildman–Crippen LogP) is 3.98. The summed E-state index contributed by atoms with van der Waals surface area (Å²) < 4.78 is 11.8. The van der Waals surface area contributed by atoms with Crippen molar-refractivity contribution in [1.82, 2.24) is 19.5 Å². The van der Waals surface area contributed by atoms with E-state index in [1.807, 2.05) is 12.1 Å². The number of nitrogens with zero attached hydrogens (tertiary/aromatic N) is 5. The molecule has 0 bridgehead atoms. The number of anilines is 3. The molecule has 1 saturated heterocycles. The van der Waals surface area contributed by atoms with Crippen LogP contribution in [0.3, 0.4) is 0 Å². The van der Waals surface area contributed by atoms with Crippen LogP contribution in [0.4, 0.5) is 22.0 Å². The van der Waals surface area contributed by atoms with Gasteiger partial charge >= 0.3 is 6.09 Å². The average Bonchev–Trinajstić information content (AvgIpc) is 3.38. The quantitative estimate of drug-likeness (QED) is 0.363. The first-order valence-electron chi connectivity index (χ1n) is 12.8. The number of hydrogen-bond acceptors (Lipinski definition) is 8. The fraction of sp³-hybridized carbons (Fsp3) is 0.321. The fourth-order valence-corrected chi connectivity index (χ4v) is 4.69. The van der Waals surface area contributed by atoms with Crippen molar-refractivity contribution in [2.24, 2.45) is 0 Å². The highest BCUT2D eigenvalue weighted by atomic mass is 16.5. The van der Waals surface area contributed by atoms with Gasteiger partial charge in [-0.05, 0) is 42.3 Å². The first kappa shape index (κ1) is 25.5. The van der Waals surface area contributed by atoms with Crippen LogP contribution in [-0.4, -0.2) is 78.6 Å². The Morgan fingerprint density at radius 2 is 1.66 bits per heavy atom. The van der Waals surface area contributed by atoms with Crippen LogP contribution in [-0.2, 0) is 9.47 Å². The zero-order valence-corrected chi connectivity index (χ0v) is 21.8. The Morgan fingerprint density at radius 1 is 0.974 bits per heavy atom. The summed E-state index contributed by atoms with van der Waals surface area (Å²) in [6.45, 7) is 7.91.